The number of nitrogens with zero attached hydrogens (tertiary/aromatic N) is 1. The molecule has 1 aliphatic rings. The van der Waals surface area contributed by atoms with Gasteiger partial charge in [-0.05, 0) is 17.5 Å². The fourth-order valence-electron chi connectivity index (χ4n) is 1.97. The summed E-state index contributed by atoms with van der Waals surface area (Å²) < 4.78 is 22.5. The molecule has 0 saturated heterocycles. The molecule has 1 aromatic carbocycles. The van der Waals surface area contributed by atoms with Crippen LogP contribution in [0, 0.1) is 0 Å². The van der Waals surface area contributed by atoms with E-state index in [9.17, 15) is 8.42 Å². The molecule has 5 nitrogen and oxygen atoms in total. The van der Waals surface area contributed by atoms with E-state index >= 15 is 0 Å². The molecule has 6 heteroatoms. The number of benzene rings is 1. The van der Waals surface area contributed by atoms with Gasteiger partial charge in [0.2, 0.25) is 0 Å². The maximum atomic E-state index is 11.3. The van der Waals surface area contributed by atoms with Crippen molar-refractivity contribution in [2.75, 3.05) is 19.3 Å². The van der Waals surface area contributed by atoms with Gasteiger partial charge in [-0.25, -0.2) is 8.42 Å². The van der Waals surface area contributed by atoms with Crippen LogP contribution in [-0.2, 0) is 22.1 Å². The van der Waals surface area contributed by atoms with Gasteiger partial charge in [-0.15, -0.1) is 0 Å². The van der Waals surface area contributed by atoms with Crippen LogP contribution >= 0.6 is 0 Å². The second kappa shape index (κ2) is 6.06. The number of hydrogen-bond donors (Lipinski definition) is 2. The Balaban J connectivity index is 1.97. The molecule has 19 heavy (non-hydrogen) atoms. The first-order valence-electron chi connectivity index (χ1n) is 6.31. The Labute approximate surface area is 114 Å². The molecule has 0 unspecified atom stereocenters. The molecule has 1 aromatic rings. The second-order valence-electron chi connectivity index (χ2n) is 4.75. The minimum atomic E-state index is -2.99. The quantitative estimate of drug-likeness (QED) is 0.851. The molecule has 0 radical (unpaired) electrons. The summed E-state index contributed by atoms with van der Waals surface area (Å²) in [4.78, 5) is 4.32. The van der Waals surface area contributed by atoms with Crippen LogP contribution in [0.3, 0.4) is 0 Å². The molecule has 2 N–H and O–H groups in total. The summed E-state index contributed by atoms with van der Waals surface area (Å²) in [6.45, 7) is 2.44. The molecular formula is C13H19N3O2S. The molecule has 0 aliphatic carbocycles. The Bertz CT molecular complexity index is 567. The van der Waals surface area contributed by atoms with E-state index in [-0.39, 0.29) is 5.75 Å². The lowest BCUT2D eigenvalue weighted by Gasteiger charge is -2.16. The summed E-state index contributed by atoms with van der Waals surface area (Å²) in [7, 11) is -2.99. The van der Waals surface area contributed by atoms with Gasteiger partial charge in [-0.3, -0.25) is 4.99 Å². The van der Waals surface area contributed by atoms with Gasteiger partial charge < -0.3 is 10.6 Å². The molecule has 0 amide bonds. The number of rotatable bonds is 4. The Morgan fingerprint density at radius 3 is 2.84 bits per heavy atom. The van der Waals surface area contributed by atoms with Gasteiger partial charge in [0.1, 0.15) is 0 Å². The molecule has 1 aliphatic heterocycles. The molecule has 0 atom stereocenters. The van der Waals surface area contributed by atoms with Gasteiger partial charge >= 0.3 is 0 Å². The highest BCUT2D eigenvalue weighted by Crippen LogP contribution is 2.08. The van der Waals surface area contributed by atoms with Crippen LogP contribution in [0.25, 0.3) is 0 Å². The van der Waals surface area contributed by atoms with Gasteiger partial charge in [0.25, 0.3) is 0 Å². The molecule has 0 saturated carbocycles. The van der Waals surface area contributed by atoms with Crippen molar-refractivity contribution < 1.29 is 8.42 Å². The van der Waals surface area contributed by atoms with Crippen molar-refractivity contribution in [1.82, 2.24) is 10.6 Å². The van der Waals surface area contributed by atoms with E-state index in [1.807, 2.05) is 24.3 Å². The molecule has 0 aromatic heterocycles. The maximum absolute atomic E-state index is 11.3. The maximum Gasteiger partial charge on any atom is 0.191 e. The summed E-state index contributed by atoms with van der Waals surface area (Å²) >= 11 is 0. The fourth-order valence-corrected chi connectivity index (χ4v) is 2.75. The third-order valence-corrected chi connectivity index (χ3v) is 3.64. The van der Waals surface area contributed by atoms with Gasteiger partial charge in [0, 0.05) is 25.9 Å². The van der Waals surface area contributed by atoms with Crippen molar-refractivity contribution in [3.8, 4) is 0 Å². The standard InChI is InChI=1S/C13H19N3O2S/c1-19(17,18)10-12-5-2-4-11(8-12)9-16-13-14-6-3-7-15-13/h2,4-5,8H,3,6-7,9-10H2,1H3,(H2,14,15,16). The van der Waals surface area contributed by atoms with Crippen LogP contribution in [0.5, 0.6) is 0 Å². The van der Waals surface area contributed by atoms with E-state index in [4.69, 9.17) is 0 Å². The van der Waals surface area contributed by atoms with Crippen molar-refractivity contribution in [1.29, 1.82) is 0 Å². The Morgan fingerprint density at radius 1 is 1.37 bits per heavy atom. The lowest BCUT2D eigenvalue weighted by atomic mass is 10.1. The largest absolute Gasteiger partial charge is 0.356 e. The average molecular weight is 281 g/mol. The first kappa shape index (κ1) is 13.9. The Morgan fingerprint density at radius 2 is 2.16 bits per heavy atom. The van der Waals surface area contributed by atoms with Gasteiger partial charge in [0.15, 0.2) is 15.8 Å². The van der Waals surface area contributed by atoms with Crippen molar-refractivity contribution in [2.24, 2.45) is 4.99 Å². The summed E-state index contributed by atoms with van der Waals surface area (Å²) in [6, 6.07) is 7.61. The zero-order chi connectivity index (χ0) is 13.7. The highest BCUT2D eigenvalue weighted by atomic mass is 32.2. The monoisotopic (exact) mass is 281 g/mol. The Kier molecular flexibility index (Phi) is 4.42. The minimum Gasteiger partial charge on any atom is -0.356 e. The van der Waals surface area contributed by atoms with Crippen molar-refractivity contribution in [3.05, 3.63) is 35.4 Å². The Hall–Kier alpha value is -1.56. The minimum absolute atomic E-state index is 0.0834. The van der Waals surface area contributed by atoms with Crippen molar-refractivity contribution >= 4 is 15.8 Å². The predicted octanol–water partition coefficient (Wildman–Crippen LogP) is 0.670. The van der Waals surface area contributed by atoms with Crippen molar-refractivity contribution in [3.63, 3.8) is 0 Å². The molecule has 0 fully saturated rings. The van der Waals surface area contributed by atoms with Gasteiger partial charge in [-0.2, -0.15) is 0 Å². The number of aliphatic imine (C=N–C) groups is 1. The van der Waals surface area contributed by atoms with Crippen LogP contribution in [0.2, 0.25) is 0 Å². The molecule has 0 spiro atoms. The van der Waals surface area contributed by atoms with Crippen LogP contribution < -0.4 is 10.6 Å². The van der Waals surface area contributed by atoms with Crippen LogP contribution in [-0.4, -0.2) is 33.7 Å². The zero-order valence-corrected chi connectivity index (χ0v) is 11.8. The van der Waals surface area contributed by atoms with Crippen LogP contribution in [0.15, 0.2) is 29.3 Å². The van der Waals surface area contributed by atoms with Gasteiger partial charge in [-0.1, -0.05) is 24.3 Å². The molecule has 104 valence electrons. The third kappa shape index (κ3) is 4.90. The summed E-state index contributed by atoms with van der Waals surface area (Å²) in [5.41, 5.74) is 1.87. The zero-order valence-electron chi connectivity index (χ0n) is 11.0. The highest BCUT2D eigenvalue weighted by Gasteiger charge is 2.06. The van der Waals surface area contributed by atoms with Crippen LogP contribution in [0.4, 0.5) is 0 Å². The van der Waals surface area contributed by atoms with Crippen molar-refractivity contribution in [2.45, 2.75) is 18.7 Å². The average Bonchev–Trinajstić information content (AvgIpc) is 2.36. The highest BCUT2D eigenvalue weighted by molar-refractivity contribution is 7.89. The summed E-state index contributed by atoms with van der Waals surface area (Å²) in [5, 5.41) is 6.40. The number of guanidine groups is 1. The van der Waals surface area contributed by atoms with E-state index < -0.39 is 9.84 Å². The first-order valence-corrected chi connectivity index (χ1v) is 8.37. The van der Waals surface area contributed by atoms with E-state index in [0.717, 1.165) is 36.6 Å². The normalized spacial score (nSPS) is 15.5. The van der Waals surface area contributed by atoms with E-state index in [0.29, 0.717) is 6.54 Å². The van der Waals surface area contributed by atoms with E-state index in [1.54, 1.807) is 0 Å². The van der Waals surface area contributed by atoms with Crippen LogP contribution in [0.1, 0.15) is 17.5 Å². The number of hydrogen-bond acceptors (Lipinski definition) is 5. The second-order valence-corrected chi connectivity index (χ2v) is 6.89. The number of sulfone groups is 1. The predicted molar refractivity (Wildman–Crippen MR) is 76.8 cm³/mol. The third-order valence-electron chi connectivity index (χ3n) is 2.78. The molecule has 1 heterocycles. The lowest BCUT2D eigenvalue weighted by Crippen LogP contribution is -2.40. The van der Waals surface area contributed by atoms with E-state index in [1.165, 1.54) is 6.26 Å². The molecule has 2 rings (SSSR count). The lowest BCUT2D eigenvalue weighted by molar-refractivity contribution is 0.601. The summed E-state index contributed by atoms with van der Waals surface area (Å²) in [6.07, 6.45) is 2.31. The smallest absolute Gasteiger partial charge is 0.191 e. The van der Waals surface area contributed by atoms with Gasteiger partial charge in [0.05, 0.1) is 5.75 Å². The van der Waals surface area contributed by atoms with E-state index in [2.05, 4.69) is 15.6 Å². The topological polar surface area (TPSA) is 70.6 Å². The summed E-state index contributed by atoms with van der Waals surface area (Å²) in [5.74, 6) is 0.903. The first-order chi connectivity index (χ1) is 9.03. The fraction of sp³-hybridized carbons (Fsp3) is 0.462. The molecule has 0 bridgehead atoms. The molecular weight excluding hydrogens is 262 g/mol. The number of nitrogens with one attached hydrogen (secondary N) is 2. The SMILES string of the molecule is CS(=O)(=O)Cc1cccc(CNC2=NCCCN2)c1.